The maximum atomic E-state index is 5.03. The van der Waals surface area contributed by atoms with E-state index >= 15 is 0 Å². The number of nitrogens with zero attached hydrogens (tertiary/aromatic N) is 1. The number of hydrogen-bond donors (Lipinski definition) is 1. The number of rotatable bonds is 5. The Labute approximate surface area is 125 Å². The molecule has 20 heavy (non-hydrogen) atoms. The van der Waals surface area contributed by atoms with Crippen LogP contribution in [-0.2, 0) is 4.74 Å². The number of methoxy groups -OCH3 is 1. The van der Waals surface area contributed by atoms with Gasteiger partial charge in [-0.15, -0.1) is 11.3 Å². The molecule has 3 nitrogen and oxygen atoms in total. The number of aryl methyl sites for hydroxylation is 1. The van der Waals surface area contributed by atoms with Crippen LogP contribution in [0.15, 0.2) is 11.4 Å². The van der Waals surface area contributed by atoms with Gasteiger partial charge in [0.15, 0.2) is 5.13 Å². The van der Waals surface area contributed by atoms with E-state index in [2.05, 4.69) is 49.4 Å². The standard InChI is InChI=1S/C16H22N2OS/c1-10-8-14(13(4)12(3)11(10)2)15-9-20-16(18-15)17-6-7-19-5/h8-9H,6-7H2,1-5H3,(H,17,18). The van der Waals surface area contributed by atoms with E-state index in [1.54, 1.807) is 18.4 Å². The molecule has 0 amide bonds. The zero-order valence-electron chi connectivity index (χ0n) is 12.8. The van der Waals surface area contributed by atoms with E-state index in [9.17, 15) is 0 Å². The molecule has 1 aromatic carbocycles. The van der Waals surface area contributed by atoms with Crippen LogP contribution in [0.2, 0.25) is 0 Å². The number of thiazole rings is 1. The number of hydrogen-bond acceptors (Lipinski definition) is 4. The van der Waals surface area contributed by atoms with Gasteiger partial charge in [0.25, 0.3) is 0 Å². The summed E-state index contributed by atoms with van der Waals surface area (Å²) >= 11 is 1.64. The Bertz CT molecular complexity index is 605. The van der Waals surface area contributed by atoms with Gasteiger partial charge in [0.1, 0.15) is 0 Å². The molecule has 0 saturated heterocycles. The van der Waals surface area contributed by atoms with E-state index in [-0.39, 0.29) is 0 Å². The van der Waals surface area contributed by atoms with Crippen LogP contribution in [0.4, 0.5) is 5.13 Å². The van der Waals surface area contributed by atoms with Crippen molar-refractivity contribution in [2.75, 3.05) is 25.6 Å². The van der Waals surface area contributed by atoms with Crippen LogP contribution in [0.25, 0.3) is 11.3 Å². The van der Waals surface area contributed by atoms with E-state index in [4.69, 9.17) is 4.74 Å². The van der Waals surface area contributed by atoms with Crippen molar-refractivity contribution in [2.45, 2.75) is 27.7 Å². The highest BCUT2D eigenvalue weighted by molar-refractivity contribution is 7.14. The first-order valence-corrected chi connectivity index (χ1v) is 7.68. The molecule has 1 N–H and O–H groups in total. The van der Waals surface area contributed by atoms with Crippen molar-refractivity contribution in [1.82, 2.24) is 4.98 Å². The van der Waals surface area contributed by atoms with Gasteiger partial charge in [0.05, 0.1) is 12.3 Å². The van der Waals surface area contributed by atoms with E-state index < -0.39 is 0 Å². The number of nitrogens with one attached hydrogen (secondary N) is 1. The maximum Gasteiger partial charge on any atom is 0.183 e. The lowest BCUT2D eigenvalue weighted by Gasteiger charge is -2.12. The van der Waals surface area contributed by atoms with E-state index in [0.29, 0.717) is 6.61 Å². The second kappa shape index (κ2) is 6.37. The normalized spacial score (nSPS) is 10.8. The van der Waals surface area contributed by atoms with Crippen LogP contribution in [0.1, 0.15) is 22.3 Å². The summed E-state index contributed by atoms with van der Waals surface area (Å²) in [5.41, 5.74) is 7.67. The van der Waals surface area contributed by atoms with Crippen LogP contribution in [-0.4, -0.2) is 25.2 Å². The summed E-state index contributed by atoms with van der Waals surface area (Å²) in [6.07, 6.45) is 0. The fourth-order valence-electron chi connectivity index (χ4n) is 2.22. The molecule has 1 heterocycles. The monoisotopic (exact) mass is 290 g/mol. The van der Waals surface area contributed by atoms with Gasteiger partial charge in [-0.2, -0.15) is 0 Å². The van der Waals surface area contributed by atoms with Gasteiger partial charge in [-0.05, 0) is 56.0 Å². The first-order chi connectivity index (χ1) is 9.54. The second-order valence-corrected chi connectivity index (χ2v) is 5.93. The lowest BCUT2D eigenvalue weighted by atomic mass is 9.93. The summed E-state index contributed by atoms with van der Waals surface area (Å²) < 4.78 is 5.03. The highest BCUT2D eigenvalue weighted by Gasteiger charge is 2.11. The van der Waals surface area contributed by atoms with Gasteiger partial charge in [0.2, 0.25) is 0 Å². The highest BCUT2D eigenvalue weighted by Crippen LogP contribution is 2.31. The average Bonchev–Trinajstić information content (AvgIpc) is 2.89. The molecule has 1 aromatic heterocycles. The Hall–Kier alpha value is -1.39. The average molecular weight is 290 g/mol. The molecule has 0 aliphatic rings. The lowest BCUT2D eigenvalue weighted by Crippen LogP contribution is -2.07. The molecule has 0 aliphatic carbocycles. The van der Waals surface area contributed by atoms with Crippen molar-refractivity contribution in [3.05, 3.63) is 33.7 Å². The molecule has 0 spiro atoms. The van der Waals surface area contributed by atoms with Gasteiger partial charge in [0, 0.05) is 24.6 Å². The lowest BCUT2D eigenvalue weighted by molar-refractivity contribution is 0.211. The summed E-state index contributed by atoms with van der Waals surface area (Å²) in [5, 5.41) is 6.35. The Morgan fingerprint density at radius 3 is 2.60 bits per heavy atom. The fourth-order valence-corrected chi connectivity index (χ4v) is 2.96. The van der Waals surface area contributed by atoms with Crippen LogP contribution in [0.5, 0.6) is 0 Å². The molecule has 0 saturated carbocycles. The van der Waals surface area contributed by atoms with Gasteiger partial charge in [-0.1, -0.05) is 0 Å². The van der Waals surface area contributed by atoms with Crippen molar-refractivity contribution in [3.63, 3.8) is 0 Å². The molecular weight excluding hydrogens is 268 g/mol. The smallest absolute Gasteiger partial charge is 0.183 e. The molecule has 2 aromatic rings. The van der Waals surface area contributed by atoms with Crippen LogP contribution in [0, 0.1) is 27.7 Å². The first-order valence-electron chi connectivity index (χ1n) is 6.80. The molecule has 108 valence electrons. The molecule has 0 unspecified atom stereocenters. The molecule has 0 radical (unpaired) electrons. The van der Waals surface area contributed by atoms with Crippen molar-refractivity contribution in [1.29, 1.82) is 0 Å². The molecule has 0 atom stereocenters. The summed E-state index contributed by atoms with van der Waals surface area (Å²) in [5.74, 6) is 0. The minimum absolute atomic E-state index is 0.691. The third-order valence-electron chi connectivity index (χ3n) is 3.84. The third-order valence-corrected chi connectivity index (χ3v) is 4.64. The third kappa shape index (κ3) is 3.02. The summed E-state index contributed by atoms with van der Waals surface area (Å²) in [6, 6.07) is 2.24. The zero-order valence-corrected chi connectivity index (χ0v) is 13.6. The minimum Gasteiger partial charge on any atom is -0.383 e. The van der Waals surface area contributed by atoms with E-state index in [1.165, 1.54) is 27.8 Å². The van der Waals surface area contributed by atoms with Crippen LogP contribution in [0.3, 0.4) is 0 Å². The zero-order chi connectivity index (χ0) is 14.7. The fraction of sp³-hybridized carbons (Fsp3) is 0.438. The maximum absolute atomic E-state index is 5.03. The summed E-state index contributed by atoms with van der Waals surface area (Å²) in [4.78, 5) is 4.68. The predicted octanol–water partition coefficient (Wildman–Crippen LogP) is 4.10. The van der Waals surface area contributed by atoms with Crippen LogP contribution < -0.4 is 5.32 Å². The van der Waals surface area contributed by atoms with E-state index in [0.717, 1.165) is 17.4 Å². The SMILES string of the molecule is COCCNc1nc(-c2cc(C)c(C)c(C)c2C)cs1. The number of anilines is 1. The Kier molecular flexibility index (Phi) is 4.78. The largest absolute Gasteiger partial charge is 0.383 e. The van der Waals surface area contributed by atoms with Crippen molar-refractivity contribution >= 4 is 16.5 Å². The molecular formula is C16H22N2OS. The number of benzene rings is 1. The van der Waals surface area contributed by atoms with Gasteiger partial charge >= 0.3 is 0 Å². The van der Waals surface area contributed by atoms with Gasteiger partial charge in [-0.25, -0.2) is 4.98 Å². The topological polar surface area (TPSA) is 34.1 Å². The Morgan fingerprint density at radius 2 is 1.90 bits per heavy atom. The van der Waals surface area contributed by atoms with Gasteiger partial charge < -0.3 is 10.1 Å². The van der Waals surface area contributed by atoms with Crippen molar-refractivity contribution in [2.24, 2.45) is 0 Å². The minimum atomic E-state index is 0.691. The first kappa shape index (κ1) is 15.0. The molecule has 4 heteroatoms. The Balaban J connectivity index is 2.28. The number of aromatic nitrogens is 1. The molecule has 0 fully saturated rings. The van der Waals surface area contributed by atoms with Gasteiger partial charge in [-0.3, -0.25) is 0 Å². The number of ether oxygens (including phenoxy) is 1. The molecule has 2 rings (SSSR count). The van der Waals surface area contributed by atoms with Crippen LogP contribution >= 0.6 is 11.3 Å². The van der Waals surface area contributed by atoms with E-state index in [1.807, 2.05) is 0 Å². The summed E-state index contributed by atoms with van der Waals surface area (Å²) in [7, 11) is 1.70. The predicted molar refractivity (Wildman–Crippen MR) is 86.9 cm³/mol. The molecule has 0 aliphatic heterocycles. The quantitative estimate of drug-likeness (QED) is 0.842. The van der Waals surface area contributed by atoms with Crippen molar-refractivity contribution < 1.29 is 4.74 Å². The highest BCUT2D eigenvalue weighted by atomic mass is 32.1. The summed E-state index contributed by atoms with van der Waals surface area (Å²) in [6.45, 7) is 10.2. The Morgan fingerprint density at radius 1 is 1.15 bits per heavy atom. The van der Waals surface area contributed by atoms with Crippen molar-refractivity contribution in [3.8, 4) is 11.3 Å². The molecule has 0 bridgehead atoms. The second-order valence-electron chi connectivity index (χ2n) is 5.07.